The first-order valence-corrected chi connectivity index (χ1v) is 13.5. The van der Waals surface area contributed by atoms with Gasteiger partial charge in [-0.3, -0.25) is 0 Å². The lowest BCUT2D eigenvalue weighted by molar-refractivity contribution is 0.590. The molecule has 0 saturated heterocycles. The highest BCUT2D eigenvalue weighted by molar-refractivity contribution is 5.83. The lowest BCUT2D eigenvalue weighted by Crippen LogP contribution is -2.18. The number of hydrogen-bond acceptors (Lipinski definition) is 1. The molecular weight excluding hydrogens is 458 g/mol. The van der Waals surface area contributed by atoms with Gasteiger partial charge < -0.3 is 5.32 Å². The molecule has 1 N–H and O–H groups in total. The molecule has 0 bridgehead atoms. The van der Waals surface area contributed by atoms with Crippen LogP contribution in [-0.2, 0) is 10.8 Å². The van der Waals surface area contributed by atoms with E-state index in [4.69, 9.17) is 0 Å². The van der Waals surface area contributed by atoms with Crippen molar-refractivity contribution >= 4 is 11.4 Å². The van der Waals surface area contributed by atoms with Gasteiger partial charge in [-0.25, -0.2) is 0 Å². The van der Waals surface area contributed by atoms with Gasteiger partial charge in [-0.15, -0.1) is 0 Å². The van der Waals surface area contributed by atoms with Gasteiger partial charge in [0.05, 0.1) is 0 Å². The largest absolute Gasteiger partial charge is 0.355 e. The topological polar surface area (TPSA) is 12.0 Å². The van der Waals surface area contributed by atoms with E-state index in [-0.39, 0.29) is 10.8 Å². The lowest BCUT2D eigenvalue weighted by atomic mass is 9.78. The second-order valence-corrected chi connectivity index (χ2v) is 11.6. The number of hydrogen-bond donors (Lipinski definition) is 1. The van der Waals surface area contributed by atoms with Crippen LogP contribution in [0.2, 0.25) is 0 Å². The third kappa shape index (κ3) is 5.43. The first-order valence-electron chi connectivity index (χ1n) is 13.5. The molecule has 0 aliphatic carbocycles. The summed E-state index contributed by atoms with van der Waals surface area (Å²) in [6, 6.07) is 45.9. The van der Waals surface area contributed by atoms with Gasteiger partial charge in [0.1, 0.15) is 0 Å². The zero-order valence-corrected chi connectivity index (χ0v) is 23.1. The van der Waals surface area contributed by atoms with Crippen molar-refractivity contribution in [1.82, 2.24) is 0 Å². The minimum absolute atomic E-state index is 0.0557. The highest BCUT2D eigenvalue weighted by Gasteiger charge is 2.23. The molecule has 0 atom stereocenters. The minimum Gasteiger partial charge on any atom is -0.355 e. The number of anilines is 2. The van der Waals surface area contributed by atoms with Crippen LogP contribution in [-0.4, -0.2) is 0 Å². The maximum absolute atomic E-state index is 3.71. The van der Waals surface area contributed by atoms with Crippen molar-refractivity contribution < 1.29 is 0 Å². The zero-order chi connectivity index (χ0) is 26.8. The summed E-state index contributed by atoms with van der Waals surface area (Å²) < 4.78 is 0. The van der Waals surface area contributed by atoms with Gasteiger partial charge in [-0.05, 0) is 63.1 Å². The smallest absolute Gasteiger partial charge is 0.0464 e. The van der Waals surface area contributed by atoms with Crippen molar-refractivity contribution in [2.75, 3.05) is 5.32 Å². The molecule has 0 amide bonds. The fourth-order valence-corrected chi connectivity index (χ4v) is 4.98. The van der Waals surface area contributed by atoms with Gasteiger partial charge in [-0.1, -0.05) is 138 Å². The fraction of sp³-hybridized carbons (Fsp3) is 0.189. The summed E-state index contributed by atoms with van der Waals surface area (Å²) in [6.45, 7) is 11.4. The predicted octanol–water partition coefficient (Wildman–Crippen LogP) is 10.4. The van der Waals surface area contributed by atoms with E-state index in [2.05, 4.69) is 167 Å². The third-order valence-electron chi connectivity index (χ3n) is 7.57. The average molecular weight is 496 g/mol. The Hall–Kier alpha value is -4.10. The highest BCUT2D eigenvalue weighted by Crippen LogP contribution is 2.37. The summed E-state index contributed by atoms with van der Waals surface area (Å²) in [7, 11) is 0. The maximum Gasteiger partial charge on any atom is 0.0464 e. The van der Waals surface area contributed by atoms with Crippen LogP contribution in [0, 0.1) is 0 Å². The van der Waals surface area contributed by atoms with Crippen molar-refractivity contribution in [1.29, 1.82) is 0 Å². The standard InChI is InChI=1S/C37H37N/c1-36(2,3)32-22-25-35(34(26-32)29-18-16-28(17-19-29)27-12-8-6-9-13-27)38-33-23-20-31(21-24-33)37(4,5)30-14-10-7-11-15-30/h6-26,38H,1-5H3. The summed E-state index contributed by atoms with van der Waals surface area (Å²) in [5, 5.41) is 3.71. The van der Waals surface area contributed by atoms with E-state index in [0.29, 0.717) is 0 Å². The lowest BCUT2D eigenvalue weighted by Gasteiger charge is -2.26. The summed E-state index contributed by atoms with van der Waals surface area (Å²) in [4.78, 5) is 0. The Balaban J connectivity index is 1.47. The SMILES string of the molecule is CC(C)(C)c1ccc(Nc2ccc(C(C)(C)c3ccccc3)cc2)c(-c2ccc(-c3ccccc3)cc2)c1. The Kier molecular flexibility index (Phi) is 6.95. The second kappa shape index (κ2) is 10.3. The van der Waals surface area contributed by atoms with Gasteiger partial charge in [0, 0.05) is 22.4 Å². The first-order chi connectivity index (χ1) is 18.2. The predicted molar refractivity (Wildman–Crippen MR) is 164 cm³/mol. The molecular formula is C37H37N. The average Bonchev–Trinajstić information content (AvgIpc) is 2.94. The fourth-order valence-electron chi connectivity index (χ4n) is 4.98. The van der Waals surface area contributed by atoms with Crippen molar-refractivity contribution in [2.24, 2.45) is 0 Å². The monoisotopic (exact) mass is 495 g/mol. The summed E-state index contributed by atoms with van der Waals surface area (Å²) >= 11 is 0. The van der Waals surface area contributed by atoms with E-state index in [9.17, 15) is 0 Å². The molecule has 38 heavy (non-hydrogen) atoms. The van der Waals surface area contributed by atoms with Gasteiger partial charge in [0.2, 0.25) is 0 Å². The molecule has 0 radical (unpaired) electrons. The molecule has 5 aromatic carbocycles. The quantitative estimate of drug-likeness (QED) is 0.247. The van der Waals surface area contributed by atoms with Gasteiger partial charge in [-0.2, -0.15) is 0 Å². The summed E-state index contributed by atoms with van der Waals surface area (Å²) in [5.74, 6) is 0. The molecule has 0 aromatic heterocycles. The molecule has 0 aliphatic heterocycles. The molecule has 0 aliphatic rings. The van der Waals surface area contributed by atoms with E-state index in [1.807, 2.05) is 0 Å². The molecule has 1 nitrogen and oxygen atoms in total. The van der Waals surface area contributed by atoms with Crippen LogP contribution in [0.3, 0.4) is 0 Å². The molecule has 0 saturated carbocycles. The molecule has 5 rings (SSSR count). The van der Waals surface area contributed by atoms with E-state index in [0.717, 1.165) is 11.4 Å². The van der Waals surface area contributed by atoms with Crippen LogP contribution in [0.25, 0.3) is 22.3 Å². The van der Waals surface area contributed by atoms with E-state index in [1.165, 1.54) is 38.9 Å². The molecule has 190 valence electrons. The summed E-state index contributed by atoms with van der Waals surface area (Å²) in [5.41, 5.74) is 11.0. The molecule has 0 spiro atoms. The normalized spacial score (nSPS) is 11.8. The first kappa shape index (κ1) is 25.5. The Morgan fingerprint density at radius 1 is 0.447 bits per heavy atom. The Labute approximate surface area is 228 Å². The Bertz CT molecular complexity index is 1490. The molecule has 5 aromatic rings. The van der Waals surface area contributed by atoms with Crippen LogP contribution in [0.1, 0.15) is 51.3 Å². The Morgan fingerprint density at radius 3 is 1.55 bits per heavy atom. The molecule has 0 fully saturated rings. The third-order valence-corrected chi connectivity index (χ3v) is 7.57. The van der Waals surface area contributed by atoms with Gasteiger partial charge in [0.25, 0.3) is 0 Å². The number of nitrogens with one attached hydrogen (secondary N) is 1. The van der Waals surface area contributed by atoms with Crippen LogP contribution in [0.4, 0.5) is 11.4 Å². The van der Waals surface area contributed by atoms with E-state index in [1.54, 1.807) is 0 Å². The van der Waals surface area contributed by atoms with Crippen LogP contribution in [0.15, 0.2) is 127 Å². The van der Waals surface area contributed by atoms with Gasteiger partial charge >= 0.3 is 0 Å². The van der Waals surface area contributed by atoms with E-state index < -0.39 is 0 Å². The maximum atomic E-state index is 3.71. The Morgan fingerprint density at radius 2 is 0.947 bits per heavy atom. The van der Waals surface area contributed by atoms with Crippen LogP contribution in [0.5, 0.6) is 0 Å². The van der Waals surface area contributed by atoms with Gasteiger partial charge in [0.15, 0.2) is 0 Å². The summed E-state index contributed by atoms with van der Waals surface area (Å²) in [6.07, 6.45) is 0. The van der Waals surface area contributed by atoms with Crippen molar-refractivity contribution in [3.8, 4) is 22.3 Å². The highest BCUT2D eigenvalue weighted by atomic mass is 14.9. The van der Waals surface area contributed by atoms with E-state index >= 15 is 0 Å². The van der Waals surface area contributed by atoms with Crippen molar-refractivity contribution in [3.05, 3.63) is 144 Å². The number of rotatable bonds is 6. The van der Waals surface area contributed by atoms with Crippen LogP contribution >= 0.6 is 0 Å². The molecule has 0 heterocycles. The van der Waals surface area contributed by atoms with Crippen molar-refractivity contribution in [3.63, 3.8) is 0 Å². The number of benzene rings is 5. The van der Waals surface area contributed by atoms with Crippen LogP contribution < -0.4 is 5.32 Å². The van der Waals surface area contributed by atoms with Crippen molar-refractivity contribution in [2.45, 2.75) is 45.4 Å². The second-order valence-electron chi connectivity index (χ2n) is 11.6. The zero-order valence-electron chi connectivity index (χ0n) is 23.1. The minimum atomic E-state index is -0.0557. The molecule has 0 unspecified atom stereocenters. The molecule has 1 heteroatoms.